The molecule has 0 bridgehead atoms. The van der Waals surface area contributed by atoms with Crippen LogP contribution < -0.4 is 15.0 Å². The quantitative estimate of drug-likeness (QED) is 0.858. The molecule has 96 valence electrons. The second kappa shape index (κ2) is 3.95. The van der Waals surface area contributed by atoms with Crippen LogP contribution in [0.2, 0.25) is 0 Å². The standard InChI is InChI=1S/C13H17N3O2/c1-14-8-13(5-6-13)10-12(17)16(2)11-9(18-10)4-3-7-15-11/h3-4,7,10,14H,5-6,8H2,1-2H3. The van der Waals surface area contributed by atoms with Gasteiger partial charge in [-0.15, -0.1) is 0 Å². The maximum atomic E-state index is 12.4. The average Bonchev–Trinajstić information content (AvgIpc) is 3.15. The van der Waals surface area contributed by atoms with Gasteiger partial charge in [-0.05, 0) is 32.0 Å². The molecule has 1 fully saturated rings. The summed E-state index contributed by atoms with van der Waals surface area (Å²) < 4.78 is 5.90. The third-order valence-corrected chi connectivity index (χ3v) is 3.85. The SMILES string of the molecule is CNCC1(C2Oc3cccnc3N(C)C2=O)CC1. The van der Waals surface area contributed by atoms with E-state index < -0.39 is 0 Å². The van der Waals surface area contributed by atoms with Crippen LogP contribution in [-0.2, 0) is 4.79 Å². The summed E-state index contributed by atoms with van der Waals surface area (Å²) in [7, 11) is 3.67. The van der Waals surface area contributed by atoms with Gasteiger partial charge in [0.25, 0.3) is 5.91 Å². The first-order valence-electron chi connectivity index (χ1n) is 6.22. The van der Waals surface area contributed by atoms with Gasteiger partial charge in [0, 0.05) is 25.2 Å². The van der Waals surface area contributed by atoms with E-state index in [1.54, 1.807) is 18.1 Å². The van der Waals surface area contributed by atoms with Gasteiger partial charge in [-0.25, -0.2) is 4.98 Å². The fraction of sp³-hybridized carbons (Fsp3) is 0.538. The number of carbonyl (C=O) groups is 1. The van der Waals surface area contributed by atoms with Gasteiger partial charge in [-0.3, -0.25) is 9.69 Å². The maximum Gasteiger partial charge on any atom is 0.269 e. The summed E-state index contributed by atoms with van der Waals surface area (Å²) in [6.45, 7) is 0.812. The van der Waals surface area contributed by atoms with E-state index in [4.69, 9.17) is 4.74 Å². The summed E-state index contributed by atoms with van der Waals surface area (Å²) in [6.07, 6.45) is 3.36. The molecule has 1 aromatic rings. The van der Waals surface area contributed by atoms with Crippen molar-refractivity contribution in [2.24, 2.45) is 5.41 Å². The summed E-state index contributed by atoms with van der Waals surface area (Å²) in [5.41, 5.74) is -0.0341. The number of ether oxygens (including phenoxy) is 1. The highest BCUT2D eigenvalue weighted by Crippen LogP contribution is 2.51. The molecule has 1 aromatic heterocycles. The molecule has 1 aliphatic heterocycles. The molecule has 1 saturated carbocycles. The van der Waals surface area contributed by atoms with E-state index in [0.717, 1.165) is 19.4 Å². The number of nitrogens with one attached hydrogen (secondary N) is 1. The number of aromatic nitrogens is 1. The van der Waals surface area contributed by atoms with Gasteiger partial charge >= 0.3 is 0 Å². The first-order chi connectivity index (χ1) is 8.68. The van der Waals surface area contributed by atoms with Crippen LogP contribution in [0.4, 0.5) is 5.82 Å². The topological polar surface area (TPSA) is 54.5 Å². The molecule has 1 amide bonds. The van der Waals surface area contributed by atoms with Crippen LogP contribution in [0.15, 0.2) is 18.3 Å². The van der Waals surface area contributed by atoms with E-state index in [-0.39, 0.29) is 17.4 Å². The van der Waals surface area contributed by atoms with Crippen LogP contribution in [0.3, 0.4) is 0 Å². The van der Waals surface area contributed by atoms with Crippen LogP contribution in [0.25, 0.3) is 0 Å². The van der Waals surface area contributed by atoms with Crippen LogP contribution in [0, 0.1) is 5.41 Å². The van der Waals surface area contributed by atoms with Crippen molar-refractivity contribution in [1.82, 2.24) is 10.3 Å². The fourth-order valence-corrected chi connectivity index (χ4v) is 2.61. The van der Waals surface area contributed by atoms with Crippen LogP contribution in [0.1, 0.15) is 12.8 Å². The van der Waals surface area contributed by atoms with Crippen molar-refractivity contribution >= 4 is 11.7 Å². The Hall–Kier alpha value is -1.62. The molecule has 1 unspecified atom stereocenters. The number of likely N-dealkylation sites (N-methyl/N-ethyl adjacent to an activating group) is 1. The highest BCUT2D eigenvalue weighted by molar-refractivity contribution is 5.99. The molecule has 3 rings (SSSR count). The number of amides is 1. The minimum Gasteiger partial charge on any atom is -0.476 e. The second-order valence-electron chi connectivity index (χ2n) is 5.11. The third kappa shape index (κ3) is 1.58. The average molecular weight is 247 g/mol. The minimum absolute atomic E-state index is 0.00829. The summed E-state index contributed by atoms with van der Waals surface area (Å²) in [6, 6.07) is 3.70. The maximum absolute atomic E-state index is 12.4. The lowest BCUT2D eigenvalue weighted by atomic mass is 9.96. The van der Waals surface area contributed by atoms with Crippen LogP contribution >= 0.6 is 0 Å². The molecule has 5 nitrogen and oxygen atoms in total. The zero-order chi connectivity index (χ0) is 12.8. The predicted octanol–water partition coefficient (Wildman–Crippen LogP) is 0.805. The van der Waals surface area contributed by atoms with E-state index in [2.05, 4.69) is 10.3 Å². The Morgan fingerprint density at radius 2 is 2.39 bits per heavy atom. The lowest BCUT2D eigenvalue weighted by Gasteiger charge is -2.35. The normalized spacial score (nSPS) is 24.4. The second-order valence-corrected chi connectivity index (χ2v) is 5.11. The lowest BCUT2D eigenvalue weighted by Crippen LogP contribution is -2.51. The van der Waals surface area contributed by atoms with Crippen molar-refractivity contribution in [1.29, 1.82) is 0 Å². The smallest absolute Gasteiger partial charge is 0.269 e. The Morgan fingerprint density at radius 1 is 1.61 bits per heavy atom. The molecule has 0 saturated heterocycles. The van der Waals surface area contributed by atoms with E-state index in [0.29, 0.717) is 11.6 Å². The van der Waals surface area contributed by atoms with Crippen molar-refractivity contribution < 1.29 is 9.53 Å². The largest absolute Gasteiger partial charge is 0.476 e. The predicted molar refractivity (Wildman–Crippen MR) is 67.7 cm³/mol. The summed E-state index contributed by atoms with van der Waals surface area (Å²) in [5, 5.41) is 3.16. The first kappa shape index (κ1) is 11.5. The molecule has 1 N–H and O–H groups in total. The Kier molecular flexibility index (Phi) is 2.52. The van der Waals surface area contributed by atoms with Crippen LogP contribution in [0.5, 0.6) is 5.75 Å². The number of pyridine rings is 1. The number of fused-ring (bicyclic) bond motifs is 1. The number of hydrogen-bond acceptors (Lipinski definition) is 4. The van der Waals surface area contributed by atoms with E-state index in [1.165, 1.54) is 0 Å². The van der Waals surface area contributed by atoms with Gasteiger partial charge in [0.15, 0.2) is 17.7 Å². The molecule has 5 heteroatoms. The van der Waals surface area contributed by atoms with Crippen molar-refractivity contribution in [3.8, 4) is 5.75 Å². The highest BCUT2D eigenvalue weighted by atomic mass is 16.5. The van der Waals surface area contributed by atoms with Crippen molar-refractivity contribution in [3.63, 3.8) is 0 Å². The van der Waals surface area contributed by atoms with Crippen molar-refractivity contribution in [3.05, 3.63) is 18.3 Å². The molecule has 0 aromatic carbocycles. The van der Waals surface area contributed by atoms with Gasteiger partial charge in [-0.1, -0.05) is 0 Å². The molecular formula is C13H17N3O2. The van der Waals surface area contributed by atoms with Gasteiger partial charge in [0.1, 0.15) is 0 Å². The van der Waals surface area contributed by atoms with Crippen molar-refractivity contribution in [2.75, 3.05) is 25.5 Å². The number of carbonyl (C=O) groups excluding carboxylic acids is 1. The number of nitrogens with zero attached hydrogens (tertiary/aromatic N) is 2. The Bertz CT molecular complexity index is 485. The molecule has 1 aliphatic carbocycles. The molecular weight excluding hydrogens is 230 g/mol. The van der Waals surface area contributed by atoms with E-state index >= 15 is 0 Å². The van der Waals surface area contributed by atoms with Gasteiger partial charge in [0.2, 0.25) is 0 Å². The fourth-order valence-electron chi connectivity index (χ4n) is 2.61. The first-order valence-corrected chi connectivity index (χ1v) is 6.22. The number of anilines is 1. The number of rotatable bonds is 3. The molecule has 1 atom stereocenters. The molecule has 2 heterocycles. The minimum atomic E-state index is -0.383. The Labute approximate surface area is 106 Å². The molecule has 2 aliphatic rings. The zero-order valence-corrected chi connectivity index (χ0v) is 10.6. The summed E-state index contributed by atoms with van der Waals surface area (Å²) >= 11 is 0. The summed E-state index contributed by atoms with van der Waals surface area (Å²) in [5.74, 6) is 1.32. The van der Waals surface area contributed by atoms with E-state index in [9.17, 15) is 4.79 Å². The zero-order valence-electron chi connectivity index (χ0n) is 10.6. The van der Waals surface area contributed by atoms with Gasteiger partial charge in [0.05, 0.1) is 0 Å². The van der Waals surface area contributed by atoms with Gasteiger partial charge < -0.3 is 10.1 Å². The third-order valence-electron chi connectivity index (χ3n) is 3.85. The summed E-state index contributed by atoms with van der Waals surface area (Å²) in [4.78, 5) is 18.2. The lowest BCUT2D eigenvalue weighted by molar-refractivity contribution is -0.129. The number of hydrogen-bond donors (Lipinski definition) is 1. The highest BCUT2D eigenvalue weighted by Gasteiger charge is 2.56. The van der Waals surface area contributed by atoms with Crippen LogP contribution in [-0.4, -0.2) is 37.6 Å². The van der Waals surface area contributed by atoms with Gasteiger partial charge in [-0.2, -0.15) is 0 Å². The molecule has 0 radical (unpaired) electrons. The monoisotopic (exact) mass is 247 g/mol. The molecule has 18 heavy (non-hydrogen) atoms. The molecule has 0 spiro atoms. The Morgan fingerprint density at radius 3 is 3.06 bits per heavy atom. The van der Waals surface area contributed by atoms with E-state index in [1.807, 2.05) is 19.2 Å². The van der Waals surface area contributed by atoms with Crippen molar-refractivity contribution in [2.45, 2.75) is 18.9 Å². The Balaban J connectivity index is 1.94.